The molecule has 2 aromatic heterocycles. The van der Waals surface area contributed by atoms with Crippen molar-refractivity contribution in [3.63, 3.8) is 0 Å². The summed E-state index contributed by atoms with van der Waals surface area (Å²) in [5, 5.41) is 13.2. The van der Waals surface area contributed by atoms with E-state index in [0.29, 0.717) is 6.54 Å². The third kappa shape index (κ3) is 4.67. The second-order valence-corrected chi connectivity index (χ2v) is 7.53. The fourth-order valence-corrected chi connectivity index (χ4v) is 4.18. The van der Waals surface area contributed by atoms with Gasteiger partial charge < -0.3 is 14.4 Å². The average molecular weight is 334 g/mol. The SMILES string of the molecule is CCN1CCC[C@@](O)(CN(Cc2ccco2)Cc2cccs2)C1. The van der Waals surface area contributed by atoms with Crippen molar-refractivity contribution >= 4 is 11.3 Å². The first-order chi connectivity index (χ1) is 11.2. The van der Waals surface area contributed by atoms with Crippen LogP contribution < -0.4 is 0 Å². The zero-order valence-electron chi connectivity index (χ0n) is 13.8. The molecule has 126 valence electrons. The van der Waals surface area contributed by atoms with Gasteiger partial charge in [0.15, 0.2) is 0 Å². The molecule has 2 aromatic rings. The van der Waals surface area contributed by atoms with Crippen LogP contribution in [0.5, 0.6) is 0 Å². The average Bonchev–Trinajstić information content (AvgIpc) is 3.20. The number of hydrogen-bond acceptors (Lipinski definition) is 5. The number of thiophene rings is 1. The van der Waals surface area contributed by atoms with E-state index in [2.05, 4.69) is 34.2 Å². The lowest BCUT2D eigenvalue weighted by atomic mass is 9.92. The Morgan fingerprint density at radius 2 is 2.26 bits per heavy atom. The molecule has 1 aliphatic rings. The van der Waals surface area contributed by atoms with Gasteiger partial charge in [-0.1, -0.05) is 13.0 Å². The number of aliphatic hydroxyl groups is 1. The van der Waals surface area contributed by atoms with Gasteiger partial charge in [-0.15, -0.1) is 11.3 Å². The molecular formula is C18H26N2O2S. The van der Waals surface area contributed by atoms with E-state index in [1.54, 1.807) is 17.6 Å². The highest BCUT2D eigenvalue weighted by molar-refractivity contribution is 7.09. The molecule has 0 spiro atoms. The molecule has 1 aliphatic heterocycles. The Morgan fingerprint density at radius 1 is 1.35 bits per heavy atom. The minimum atomic E-state index is -0.627. The molecule has 0 bridgehead atoms. The standard InChI is InChI=1S/C18H26N2O2S/c1-2-19-9-5-8-18(21,14-19)15-20(12-16-6-3-10-22-16)13-17-7-4-11-23-17/h3-4,6-7,10-11,21H,2,5,8-9,12-15H2,1H3/t18-/m0/s1. The summed E-state index contributed by atoms with van der Waals surface area (Å²) in [5.74, 6) is 0.952. The molecular weight excluding hydrogens is 308 g/mol. The quantitative estimate of drug-likeness (QED) is 0.844. The first-order valence-corrected chi connectivity index (χ1v) is 9.27. The summed E-state index contributed by atoms with van der Waals surface area (Å²) >= 11 is 1.77. The Bertz CT molecular complexity index is 534. The van der Waals surface area contributed by atoms with Crippen molar-refractivity contribution < 1.29 is 9.52 Å². The van der Waals surface area contributed by atoms with Gasteiger partial charge in [0.05, 0.1) is 18.4 Å². The van der Waals surface area contributed by atoms with Crippen molar-refractivity contribution in [3.05, 3.63) is 46.5 Å². The maximum atomic E-state index is 11.1. The van der Waals surface area contributed by atoms with Crippen LogP contribution in [-0.2, 0) is 13.1 Å². The number of piperidine rings is 1. The summed E-state index contributed by atoms with van der Waals surface area (Å²) in [6.07, 6.45) is 3.66. The van der Waals surface area contributed by atoms with Crippen molar-refractivity contribution in [1.82, 2.24) is 9.80 Å². The van der Waals surface area contributed by atoms with E-state index in [1.165, 1.54) is 4.88 Å². The third-order valence-electron chi connectivity index (χ3n) is 4.52. The van der Waals surface area contributed by atoms with Gasteiger partial charge in [-0.2, -0.15) is 0 Å². The summed E-state index contributed by atoms with van der Waals surface area (Å²) in [5.41, 5.74) is -0.627. The molecule has 4 nitrogen and oxygen atoms in total. The molecule has 3 rings (SSSR count). The lowest BCUT2D eigenvalue weighted by Crippen LogP contribution is -2.53. The van der Waals surface area contributed by atoms with E-state index in [0.717, 1.165) is 51.3 Å². The van der Waals surface area contributed by atoms with E-state index < -0.39 is 5.60 Å². The van der Waals surface area contributed by atoms with Gasteiger partial charge in [0, 0.05) is 24.5 Å². The molecule has 1 fully saturated rings. The predicted molar refractivity (Wildman–Crippen MR) is 93.4 cm³/mol. The summed E-state index contributed by atoms with van der Waals surface area (Å²) in [7, 11) is 0. The van der Waals surface area contributed by atoms with Gasteiger partial charge >= 0.3 is 0 Å². The van der Waals surface area contributed by atoms with Crippen LogP contribution in [0.25, 0.3) is 0 Å². The monoisotopic (exact) mass is 334 g/mol. The molecule has 0 unspecified atom stereocenters. The summed E-state index contributed by atoms with van der Waals surface area (Å²) < 4.78 is 5.52. The smallest absolute Gasteiger partial charge is 0.117 e. The molecule has 0 saturated carbocycles. The largest absolute Gasteiger partial charge is 0.468 e. The number of hydrogen-bond donors (Lipinski definition) is 1. The molecule has 0 amide bonds. The van der Waals surface area contributed by atoms with Gasteiger partial charge in [-0.25, -0.2) is 0 Å². The zero-order valence-corrected chi connectivity index (χ0v) is 14.6. The van der Waals surface area contributed by atoms with Crippen molar-refractivity contribution in [1.29, 1.82) is 0 Å². The Labute approximate surface area is 142 Å². The molecule has 23 heavy (non-hydrogen) atoms. The van der Waals surface area contributed by atoms with Gasteiger partial charge in [0.25, 0.3) is 0 Å². The number of nitrogens with zero attached hydrogens (tertiary/aromatic N) is 2. The Hall–Kier alpha value is -1.14. The fourth-order valence-electron chi connectivity index (χ4n) is 3.43. The molecule has 1 atom stereocenters. The highest BCUT2D eigenvalue weighted by atomic mass is 32.1. The van der Waals surface area contributed by atoms with Crippen LogP contribution in [0, 0.1) is 0 Å². The Balaban J connectivity index is 1.69. The molecule has 0 aliphatic carbocycles. The second kappa shape index (κ2) is 7.62. The third-order valence-corrected chi connectivity index (χ3v) is 5.38. The maximum absolute atomic E-state index is 11.1. The van der Waals surface area contributed by atoms with Crippen LogP contribution in [0.1, 0.15) is 30.4 Å². The van der Waals surface area contributed by atoms with Gasteiger partial charge in [-0.05, 0) is 49.5 Å². The van der Waals surface area contributed by atoms with Crippen molar-refractivity contribution in [2.75, 3.05) is 26.2 Å². The lowest BCUT2D eigenvalue weighted by Gasteiger charge is -2.41. The summed E-state index contributed by atoms with van der Waals surface area (Å²) in [6, 6.07) is 8.17. The molecule has 1 N–H and O–H groups in total. The highest BCUT2D eigenvalue weighted by Crippen LogP contribution is 2.24. The number of likely N-dealkylation sites (N-methyl/N-ethyl adjacent to an activating group) is 1. The van der Waals surface area contributed by atoms with Crippen molar-refractivity contribution in [2.45, 2.75) is 38.5 Å². The molecule has 0 radical (unpaired) electrons. The minimum Gasteiger partial charge on any atom is -0.468 e. The first-order valence-electron chi connectivity index (χ1n) is 8.39. The van der Waals surface area contributed by atoms with Crippen LogP contribution in [-0.4, -0.2) is 46.7 Å². The lowest BCUT2D eigenvalue weighted by molar-refractivity contribution is -0.0558. The van der Waals surface area contributed by atoms with Crippen LogP contribution >= 0.6 is 11.3 Å². The van der Waals surface area contributed by atoms with Crippen LogP contribution in [0.4, 0.5) is 0 Å². The minimum absolute atomic E-state index is 0.627. The van der Waals surface area contributed by atoms with Crippen molar-refractivity contribution in [3.8, 4) is 0 Å². The van der Waals surface area contributed by atoms with E-state index in [9.17, 15) is 5.11 Å². The van der Waals surface area contributed by atoms with Crippen LogP contribution in [0.15, 0.2) is 40.3 Å². The summed E-state index contributed by atoms with van der Waals surface area (Å²) in [4.78, 5) is 5.98. The van der Waals surface area contributed by atoms with Crippen LogP contribution in [0.2, 0.25) is 0 Å². The molecule has 0 aromatic carbocycles. The Morgan fingerprint density at radius 3 is 2.96 bits per heavy atom. The topological polar surface area (TPSA) is 39.9 Å². The number of rotatable bonds is 7. The molecule has 1 saturated heterocycles. The fraction of sp³-hybridized carbons (Fsp3) is 0.556. The number of likely N-dealkylation sites (tertiary alicyclic amines) is 1. The van der Waals surface area contributed by atoms with Gasteiger partial charge in [0.2, 0.25) is 0 Å². The first kappa shape index (κ1) is 16.7. The number of furan rings is 1. The van der Waals surface area contributed by atoms with Gasteiger partial charge in [-0.3, -0.25) is 4.90 Å². The van der Waals surface area contributed by atoms with Gasteiger partial charge in [0.1, 0.15) is 5.76 Å². The molecule has 5 heteroatoms. The zero-order chi connectivity index (χ0) is 16.1. The Kier molecular flexibility index (Phi) is 5.54. The number of β-amino-alcohol motifs (C(OH)–C–C–N with tert-alkyl or cyclic N) is 1. The van der Waals surface area contributed by atoms with Crippen LogP contribution in [0.3, 0.4) is 0 Å². The predicted octanol–water partition coefficient (Wildman–Crippen LogP) is 3.19. The maximum Gasteiger partial charge on any atom is 0.117 e. The molecule has 3 heterocycles. The van der Waals surface area contributed by atoms with E-state index in [1.807, 2.05) is 12.1 Å². The highest BCUT2D eigenvalue weighted by Gasteiger charge is 2.34. The van der Waals surface area contributed by atoms with Crippen molar-refractivity contribution in [2.24, 2.45) is 0 Å². The van der Waals surface area contributed by atoms with E-state index >= 15 is 0 Å². The summed E-state index contributed by atoms with van der Waals surface area (Å²) in [6.45, 7) is 7.31. The normalized spacial score (nSPS) is 22.7. The van der Waals surface area contributed by atoms with E-state index in [4.69, 9.17) is 4.42 Å². The second-order valence-electron chi connectivity index (χ2n) is 6.50. The van der Waals surface area contributed by atoms with E-state index in [-0.39, 0.29) is 0 Å².